The average Bonchev–Trinajstić information content (AvgIpc) is 2.65. The summed E-state index contributed by atoms with van der Waals surface area (Å²) in [5.74, 6) is 0. The second kappa shape index (κ2) is 15.4. The van der Waals surface area contributed by atoms with Crippen LogP contribution in [0.15, 0.2) is 30.3 Å². The van der Waals surface area contributed by atoms with Gasteiger partial charge in [0, 0.05) is 0 Å². The van der Waals surface area contributed by atoms with Gasteiger partial charge in [0.25, 0.3) is 0 Å². The van der Waals surface area contributed by atoms with Crippen molar-refractivity contribution in [2.45, 2.75) is 96.8 Å². The number of rotatable bonds is 17. The van der Waals surface area contributed by atoms with Crippen molar-refractivity contribution in [2.24, 2.45) is 0 Å². The minimum absolute atomic E-state index is 0.362. The van der Waals surface area contributed by atoms with E-state index in [0.29, 0.717) is 11.9 Å². The summed E-state index contributed by atoms with van der Waals surface area (Å²) in [6, 6.07) is 8.64. The van der Waals surface area contributed by atoms with E-state index in [4.69, 9.17) is 4.52 Å². The highest BCUT2D eigenvalue weighted by Gasteiger charge is 2.21. The van der Waals surface area contributed by atoms with Crippen LogP contribution in [0.4, 0.5) is 0 Å². The third kappa shape index (κ3) is 11.9. The molecule has 1 unspecified atom stereocenters. The summed E-state index contributed by atoms with van der Waals surface area (Å²) in [4.78, 5) is 9.92. The SMILES string of the molecule is CCCCCCCCCCCCCCCCOP(=O)(O)c1ccccc1. The van der Waals surface area contributed by atoms with Gasteiger partial charge in [0.15, 0.2) is 0 Å². The van der Waals surface area contributed by atoms with Crippen LogP contribution in [0, 0.1) is 0 Å². The molecule has 1 aromatic carbocycles. The predicted molar refractivity (Wildman–Crippen MR) is 112 cm³/mol. The first-order valence-corrected chi connectivity index (χ1v) is 12.3. The Balaban J connectivity index is 1.86. The topological polar surface area (TPSA) is 46.5 Å². The van der Waals surface area contributed by atoms with Gasteiger partial charge < -0.3 is 9.42 Å². The highest BCUT2D eigenvalue weighted by atomic mass is 31.2. The molecule has 1 atom stereocenters. The Bertz CT molecular complexity index is 476. The van der Waals surface area contributed by atoms with Crippen molar-refractivity contribution in [3.05, 3.63) is 30.3 Å². The second-order valence-electron chi connectivity index (χ2n) is 7.29. The first-order valence-electron chi connectivity index (χ1n) is 10.7. The molecule has 0 amide bonds. The number of hydrogen-bond acceptors (Lipinski definition) is 2. The Morgan fingerprint density at radius 1 is 0.731 bits per heavy atom. The summed E-state index contributed by atoms with van der Waals surface area (Å²) in [6.45, 7) is 2.63. The number of hydrogen-bond donors (Lipinski definition) is 1. The molecule has 0 bridgehead atoms. The first-order chi connectivity index (χ1) is 12.7. The van der Waals surface area contributed by atoms with E-state index in [1.165, 1.54) is 77.0 Å². The Morgan fingerprint density at radius 2 is 1.15 bits per heavy atom. The molecule has 1 N–H and O–H groups in total. The van der Waals surface area contributed by atoms with Gasteiger partial charge in [-0.15, -0.1) is 0 Å². The van der Waals surface area contributed by atoms with E-state index in [1.807, 2.05) is 6.07 Å². The smallest absolute Gasteiger partial charge is 0.321 e. The van der Waals surface area contributed by atoms with E-state index in [2.05, 4.69) is 6.92 Å². The summed E-state index contributed by atoms with van der Waals surface area (Å²) in [6.07, 6.45) is 18.2. The zero-order valence-electron chi connectivity index (χ0n) is 16.7. The van der Waals surface area contributed by atoms with E-state index in [9.17, 15) is 9.46 Å². The van der Waals surface area contributed by atoms with Crippen LogP contribution in [0.3, 0.4) is 0 Å². The van der Waals surface area contributed by atoms with Crippen molar-refractivity contribution in [1.82, 2.24) is 0 Å². The first kappa shape index (κ1) is 23.4. The summed E-state index contributed by atoms with van der Waals surface area (Å²) >= 11 is 0. The van der Waals surface area contributed by atoms with E-state index in [0.717, 1.165) is 12.8 Å². The van der Waals surface area contributed by atoms with Crippen molar-refractivity contribution < 1.29 is 14.0 Å². The summed E-state index contributed by atoms with van der Waals surface area (Å²) in [5, 5.41) is 0.380. The lowest BCUT2D eigenvalue weighted by Gasteiger charge is -2.12. The highest BCUT2D eigenvalue weighted by molar-refractivity contribution is 7.61. The van der Waals surface area contributed by atoms with E-state index >= 15 is 0 Å². The van der Waals surface area contributed by atoms with Gasteiger partial charge in [-0.3, -0.25) is 4.57 Å². The standard InChI is InChI=1S/C22H39O3P/c1-2-3-4-5-6-7-8-9-10-11-12-13-14-18-21-25-26(23,24)22-19-16-15-17-20-22/h15-17,19-20H,2-14,18,21H2,1H3,(H,23,24). The van der Waals surface area contributed by atoms with Gasteiger partial charge in [0.1, 0.15) is 0 Å². The van der Waals surface area contributed by atoms with Crippen molar-refractivity contribution >= 4 is 12.9 Å². The molecule has 0 saturated heterocycles. The molecule has 0 aliphatic rings. The third-order valence-electron chi connectivity index (χ3n) is 4.85. The predicted octanol–water partition coefficient (Wildman–Crippen LogP) is 7.00. The van der Waals surface area contributed by atoms with Crippen molar-refractivity contribution in [2.75, 3.05) is 6.61 Å². The van der Waals surface area contributed by atoms with Crippen LogP contribution in [0.5, 0.6) is 0 Å². The fraction of sp³-hybridized carbons (Fsp3) is 0.727. The van der Waals surface area contributed by atoms with Gasteiger partial charge in [-0.1, -0.05) is 109 Å². The maximum Gasteiger partial charge on any atom is 0.358 e. The molecule has 0 aliphatic carbocycles. The fourth-order valence-electron chi connectivity index (χ4n) is 3.18. The molecule has 1 aromatic rings. The average molecular weight is 383 g/mol. The van der Waals surface area contributed by atoms with Crippen LogP contribution in [0.1, 0.15) is 96.8 Å². The minimum Gasteiger partial charge on any atom is -0.321 e. The molecule has 0 fully saturated rings. The van der Waals surface area contributed by atoms with E-state index < -0.39 is 7.60 Å². The molecule has 1 rings (SSSR count). The lowest BCUT2D eigenvalue weighted by molar-refractivity contribution is 0.261. The lowest BCUT2D eigenvalue weighted by atomic mass is 10.0. The highest BCUT2D eigenvalue weighted by Crippen LogP contribution is 2.40. The third-order valence-corrected chi connectivity index (χ3v) is 6.33. The molecular weight excluding hydrogens is 343 g/mol. The van der Waals surface area contributed by atoms with Crippen LogP contribution in [0.2, 0.25) is 0 Å². The van der Waals surface area contributed by atoms with Crippen LogP contribution < -0.4 is 5.30 Å². The normalized spacial score (nSPS) is 13.6. The molecule has 0 radical (unpaired) electrons. The van der Waals surface area contributed by atoms with Gasteiger partial charge in [0.2, 0.25) is 0 Å². The van der Waals surface area contributed by atoms with Gasteiger partial charge in [-0.05, 0) is 18.6 Å². The van der Waals surface area contributed by atoms with E-state index in [-0.39, 0.29) is 0 Å². The summed E-state index contributed by atoms with van der Waals surface area (Å²) < 4.78 is 17.3. The van der Waals surface area contributed by atoms with E-state index in [1.54, 1.807) is 24.3 Å². The number of unbranched alkanes of at least 4 members (excludes halogenated alkanes) is 13. The molecule has 150 valence electrons. The Hall–Kier alpha value is -0.630. The maximum atomic E-state index is 12.1. The molecule has 3 nitrogen and oxygen atoms in total. The van der Waals surface area contributed by atoms with Crippen LogP contribution in [-0.2, 0) is 9.09 Å². The van der Waals surface area contributed by atoms with Crippen LogP contribution >= 0.6 is 7.60 Å². The van der Waals surface area contributed by atoms with Gasteiger partial charge in [-0.2, -0.15) is 0 Å². The summed E-state index contributed by atoms with van der Waals surface area (Å²) in [5.41, 5.74) is 0. The maximum absolute atomic E-state index is 12.1. The zero-order chi connectivity index (χ0) is 18.9. The molecule has 0 aliphatic heterocycles. The molecule has 4 heteroatoms. The quantitative estimate of drug-likeness (QED) is 0.233. The fourth-order valence-corrected chi connectivity index (χ4v) is 4.25. The van der Waals surface area contributed by atoms with Gasteiger partial charge in [-0.25, -0.2) is 0 Å². The van der Waals surface area contributed by atoms with Gasteiger partial charge in [0.05, 0.1) is 11.9 Å². The molecule has 0 heterocycles. The molecular formula is C22H39O3P. The molecule has 0 spiro atoms. The lowest BCUT2D eigenvalue weighted by Crippen LogP contribution is -2.07. The Kier molecular flexibility index (Phi) is 13.9. The zero-order valence-corrected chi connectivity index (χ0v) is 17.6. The molecule has 0 aromatic heterocycles. The van der Waals surface area contributed by atoms with Crippen molar-refractivity contribution in [1.29, 1.82) is 0 Å². The molecule has 0 saturated carbocycles. The van der Waals surface area contributed by atoms with Crippen molar-refractivity contribution in [3.8, 4) is 0 Å². The Labute approximate surface area is 161 Å². The molecule has 26 heavy (non-hydrogen) atoms. The van der Waals surface area contributed by atoms with Crippen LogP contribution in [-0.4, -0.2) is 11.5 Å². The Morgan fingerprint density at radius 3 is 1.62 bits per heavy atom. The van der Waals surface area contributed by atoms with Gasteiger partial charge >= 0.3 is 7.60 Å². The summed E-state index contributed by atoms with van der Waals surface area (Å²) in [7, 11) is -3.63. The number of benzene rings is 1. The largest absolute Gasteiger partial charge is 0.358 e. The van der Waals surface area contributed by atoms with Crippen molar-refractivity contribution in [3.63, 3.8) is 0 Å². The second-order valence-corrected chi connectivity index (χ2v) is 9.10. The minimum atomic E-state index is -3.63. The monoisotopic (exact) mass is 382 g/mol. The van der Waals surface area contributed by atoms with Crippen LogP contribution in [0.25, 0.3) is 0 Å².